The Morgan fingerprint density at radius 3 is 1.64 bits per heavy atom. The molecule has 2 aliphatic heterocycles. The fourth-order valence-electron chi connectivity index (χ4n) is 7.59. The third-order valence-electron chi connectivity index (χ3n) is 9.46. The Bertz CT molecular complexity index is 1280. The van der Waals surface area contributed by atoms with Gasteiger partial charge in [0.2, 0.25) is 11.8 Å². The van der Waals surface area contributed by atoms with Crippen LogP contribution in [0.15, 0.2) is 72.8 Å². The summed E-state index contributed by atoms with van der Waals surface area (Å²) < 4.78 is 5.28. The predicted octanol–water partition coefficient (Wildman–Crippen LogP) is 4.49. The molecule has 2 heterocycles. The summed E-state index contributed by atoms with van der Waals surface area (Å²) in [6, 6.07) is 25.2. The van der Waals surface area contributed by atoms with Crippen molar-refractivity contribution in [3.05, 3.63) is 95.1 Å². The van der Waals surface area contributed by atoms with E-state index in [-0.39, 0.29) is 35.5 Å². The number of unbranched alkanes of at least 4 members (excludes halogenated alkanes) is 1. The van der Waals surface area contributed by atoms with Gasteiger partial charge in [0, 0.05) is 50.2 Å². The molecule has 3 aromatic carbocycles. The number of carbonyl (C=O) groups is 2. The second kappa shape index (κ2) is 9.83. The third-order valence-corrected chi connectivity index (χ3v) is 9.46. The summed E-state index contributed by atoms with van der Waals surface area (Å²) in [5.74, 6) is 0.394. The first-order valence-electron chi connectivity index (χ1n) is 14.3. The maximum atomic E-state index is 13.7. The Morgan fingerprint density at radius 2 is 1.15 bits per heavy atom. The van der Waals surface area contributed by atoms with Gasteiger partial charge in [0.1, 0.15) is 5.75 Å². The number of piperazine rings is 1. The van der Waals surface area contributed by atoms with Crippen molar-refractivity contribution in [2.24, 2.45) is 11.8 Å². The second-order valence-electron chi connectivity index (χ2n) is 11.3. The van der Waals surface area contributed by atoms with E-state index in [0.717, 1.165) is 51.3 Å². The Balaban J connectivity index is 0.970. The molecule has 2 unspecified atom stereocenters. The van der Waals surface area contributed by atoms with Gasteiger partial charge in [-0.2, -0.15) is 0 Å². The average molecular weight is 522 g/mol. The van der Waals surface area contributed by atoms with Crippen LogP contribution in [-0.2, 0) is 9.59 Å². The Hall–Kier alpha value is -3.64. The normalized spacial score (nSPS) is 25.5. The van der Waals surface area contributed by atoms with E-state index in [2.05, 4.69) is 70.5 Å². The number of likely N-dealkylation sites (tertiary alicyclic amines) is 1. The molecular formula is C33H35N3O3. The molecule has 3 aliphatic carbocycles. The number of ether oxygens (including phenoxy) is 1. The van der Waals surface area contributed by atoms with Crippen LogP contribution in [0, 0.1) is 11.8 Å². The molecule has 0 spiro atoms. The van der Waals surface area contributed by atoms with Crippen LogP contribution in [0.1, 0.15) is 46.9 Å². The number of carbonyl (C=O) groups excluding carboxylic acids is 2. The molecule has 2 amide bonds. The van der Waals surface area contributed by atoms with Crippen LogP contribution < -0.4 is 9.64 Å². The van der Waals surface area contributed by atoms with Gasteiger partial charge in [0.25, 0.3) is 0 Å². The molecular weight excluding hydrogens is 486 g/mol. The minimum atomic E-state index is -0.265. The van der Waals surface area contributed by atoms with Crippen molar-refractivity contribution in [2.45, 2.75) is 24.7 Å². The monoisotopic (exact) mass is 521 g/mol. The molecule has 0 aromatic heterocycles. The number of nitrogens with zero attached hydrogens (tertiary/aromatic N) is 3. The fourth-order valence-corrected chi connectivity index (χ4v) is 7.59. The highest BCUT2D eigenvalue weighted by Gasteiger charge is 2.61. The van der Waals surface area contributed by atoms with Crippen molar-refractivity contribution in [1.82, 2.24) is 9.80 Å². The largest absolute Gasteiger partial charge is 0.497 e. The summed E-state index contributed by atoms with van der Waals surface area (Å²) in [7, 11) is 1.69. The first kappa shape index (κ1) is 24.4. The first-order chi connectivity index (χ1) is 19.2. The van der Waals surface area contributed by atoms with E-state index in [4.69, 9.17) is 4.74 Å². The molecule has 200 valence electrons. The third kappa shape index (κ3) is 3.96. The van der Waals surface area contributed by atoms with Crippen molar-refractivity contribution in [1.29, 1.82) is 0 Å². The minimum Gasteiger partial charge on any atom is -0.497 e. The number of hydrogen-bond donors (Lipinski definition) is 0. The smallest absolute Gasteiger partial charge is 0.234 e. The summed E-state index contributed by atoms with van der Waals surface area (Å²) in [6.45, 7) is 5.59. The molecule has 0 radical (unpaired) electrons. The summed E-state index contributed by atoms with van der Waals surface area (Å²) >= 11 is 0. The highest BCUT2D eigenvalue weighted by molar-refractivity contribution is 6.07. The van der Waals surface area contributed by atoms with E-state index in [9.17, 15) is 9.59 Å². The molecule has 0 N–H and O–H groups in total. The molecule has 0 saturated carbocycles. The summed E-state index contributed by atoms with van der Waals surface area (Å²) in [5, 5.41) is 0. The topological polar surface area (TPSA) is 53.1 Å². The molecule has 2 fully saturated rings. The van der Waals surface area contributed by atoms with Crippen LogP contribution >= 0.6 is 0 Å². The van der Waals surface area contributed by atoms with Gasteiger partial charge in [0.15, 0.2) is 0 Å². The Kier molecular flexibility index (Phi) is 6.15. The van der Waals surface area contributed by atoms with Gasteiger partial charge >= 0.3 is 0 Å². The van der Waals surface area contributed by atoms with Crippen LogP contribution in [-0.4, -0.2) is 68.0 Å². The fraction of sp³-hybridized carbons (Fsp3) is 0.394. The average Bonchev–Trinajstić information content (AvgIpc) is 3.25. The van der Waals surface area contributed by atoms with Gasteiger partial charge in [0.05, 0.1) is 18.9 Å². The second-order valence-corrected chi connectivity index (χ2v) is 11.3. The van der Waals surface area contributed by atoms with Crippen LogP contribution in [0.2, 0.25) is 0 Å². The lowest BCUT2D eigenvalue weighted by Gasteiger charge is -2.45. The van der Waals surface area contributed by atoms with E-state index in [1.54, 1.807) is 12.0 Å². The Morgan fingerprint density at radius 1 is 0.667 bits per heavy atom. The summed E-state index contributed by atoms with van der Waals surface area (Å²) in [4.78, 5) is 34.0. The van der Waals surface area contributed by atoms with Gasteiger partial charge < -0.3 is 9.64 Å². The van der Waals surface area contributed by atoms with Crippen molar-refractivity contribution < 1.29 is 14.3 Å². The predicted molar refractivity (Wildman–Crippen MR) is 151 cm³/mol. The van der Waals surface area contributed by atoms with E-state index >= 15 is 0 Å². The van der Waals surface area contributed by atoms with Crippen LogP contribution in [0.4, 0.5) is 5.69 Å². The van der Waals surface area contributed by atoms with E-state index in [0.29, 0.717) is 6.54 Å². The maximum absolute atomic E-state index is 13.7. The van der Waals surface area contributed by atoms with Crippen LogP contribution in [0.5, 0.6) is 5.75 Å². The van der Waals surface area contributed by atoms with E-state index in [1.807, 2.05) is 12.1 Å². The molecule has 8 rings (SSSR count). The molecule has 2 saturated heterocycles. The van der Waals surface area contributed by atoms with Crippen molar-refractivity contribution in [3.63, 3.8) is 0 Å². The lowest BCUT2D eigenvalue weighted by Crippen LogP contribution is -2.46. The zero-order chi connectivity index (χ0) is 26.5. The van der Waals surface area contributed by atoms with Gasteiger partial charge in [-0.1, -0.05) is 48.5 Å². The lowest BCUT2D eigenvalue weighted by atomic mass is 9.55. The lowest BCUT2D eigenvalue weighted by molar-refractivity contribution is -0.140. The number of benzene rings is 3. The van der Waals surface area contributed by atoms with Crippen LogP contribution in [0.25, 0.3) is 0 Å². The zero-order valence-electron chi connectivity index (χ0n) is 22.5. The van der Waals surface area contributed by atoms with Crippen LogP contribution in [0.3, 0.4) is 0 Å². The number of amides is 2. The molecule has 39 heavy (non-hydrogen) atoms. The van der Waals surface area contributed by atoms with Crippen molar-refractivity contribution >= 4 is 17.5 Å². The first-order valence-corrected chi connectivity index (χ1v) is 14.3. The standard InChI is InChI=1S/C33H35N3O3/c1-39-23-14-12-22(13-15-23)35-20-18-34(19-21-35)16-6-7-17-36-32(37)30-28-24-8-2-3-9-25(24)29(31(30)33(36)38)27-11-5-4-10-26(27)28/h2-5,8-15,28-31H,6-7,16-21H2,1H3. The molecule has 3 aromatic rings. The number of imide groups is 1. The van der Waals surface area contributed by atoms with Crippen molar-refractivity contribution in [2.75, 3.05) is 51.3 Å². The number of methoxy groups -OCH3 is 1. The summed E-state index contributed by atoms with van der Waals surface area (Å²) in [5.41, 5.74) is 6.18. The highest BCUT2D eigenvalue weighted by atomic mass is 16.5. The number of hydrogen-bond acceptors (Lipinski definition) is 5. The molecule has 2 atom stereocenters. The quantitative estimate of drug-likeness (QED) is 0.339. The number of anilines is 1. The summed E-state index contributed by atoms with van der Waals surface area (Å²) in [6.07, 6.45) is 1.84. The van der Waals surface area contributed by atoms with Gasteiger partial charge in [-0.05, 0) is 65.9 Å². The zero-order valence-corrected chi connectivity index (χ0v) is 22.5. The maximum Gasteiger partial charge on any atom is 0.234 e. The minimum absolute atomic E-state index is 0.0177. The molecule has 6 nitrogen and oxygen atoms in total. The van der Waals surface area contributed by atoms with Gasteiger partial charge in [-0.3, -0.25) is 19.4 Å². The van der Waals surface area contributed by atoms with E-state index < -0.39 is 0 Å². The number of rotatable bonds is 7. The molecule has 6 heteroatoms. The van der Waals surface area contributed by atoms with Gasteiger partial charge in [-0.15, -0.1) is 0 Å². The van der Waals surface area contributed by atoms with Crippen molar-refractivity contribution in [3.8, 4) is 5.75 Å². The van der Waals surface area contributed by atoms with E-state index in [1.165, 1.54) is 27.9 Å². The highest BCUT2D eigenvalue weighted by Crippen LogP contribution is 2.60. The Labute approximate surface area is 230 Å². The molecule has 5 aliphatic rings. The SMILES string of the molecule is COc1ccc(N2CCN(CCCCN3C(=O)C4C5c6ccccc6C(c6ccccc65)C4C3=O)CC2)cc1. The van der Waals surface area contributed by atoms with Gasteiger partial charge in [-0.25, -0.2) is 0 Å². The molecule has 2 bridgehead atoms.